The molecule has 0 aliphatic carbocycles. The molecule has 0 bridgehead atoms. The highest BCUT2D eigenvalue weighted by atomic mass is 32.1. The molecule has 6 heteroatoms. The molecule has 0 atom stereocenters. The van der Waals surface area contributed by atoms with Gasteiger partial charge in [0.1, 0.15) is 11.5 Å². The van der Waals surface area contributed by atoms with Crippen LogP contribution >= 0.6 is 11.3 Å². The van der Waals surface area contributed by atoms with Crippen molar-refractivity contribution in [1.29, 1.82) is 0 Å². The molecular weight excluding hydrogens is 282 g/mol. The van der Waals surface area contributed by atoms with Gasteiger partial charge in [-0.15, -0.1) is 11.3 Å². The number of nitrogens with zero attached hydrogens (tertiary/aromatic N) is 4. The van der Waals surface area contributed by atoms with E-state index in [0.717, 1.165) is 27.5 Å². The molecule has 4 aromatic heterocycles. The van der Waals surface area contributed by atoms with Crippen LogP contribution in [0.1, 0.15) is 0 Å². The van der Waals surface area contributed by atoms with E-state index < -0.39 is 0 Å². The Bertz CT molecular complexity index is 896. The number of fused-ring (bicyclic) bond motifs is 1. The lowest BCUT2D eigenvalue weighted by Crippen LogP contribution is -1.95. The quantitative estimate of drug-likeness (QED) is 0.616. The number of aromatic nitrogens is 4. The maximum absolute atomic E-state index is 6.32. The fourth-order valence-corrected chi connectivity index (χ4v) is 3.22. The average molecular weight is 293 g/mol. The standard InChI is InChI=1S/C15H11N5S/c16-14-13(11-2-1-5-18-8-11)19-15-20(14)12(9-21-15)10-3-6-17-7-4-10/h1-9H,16H2. The lowest BCUT2D eigenvalue weighted by Gasteiger charge is -2.02. The highest BCUT2D eigenvalue weighted by Crippen LogP contribution is 2.33. The molecule has 5 nitrogen and oxygen atoms in total. The molecule has 0 unspecified atom stereocenters. The molecule has 21 heavy (non-hydrogen) atoms. The first-order valence-corrected chi connectivity index (χ1v) is 7.29. The van der Waals surface area contributed by atoms with E-state index in [1.807, 2.05) is 28.7 Å². The average Bonchev–Trinajstić information content (AvgIpc) is 3.10. The Balaban J connectivity index is 1.95. The van der Waals surface area contributed by atoms with Crippen LogP contribution in [0.2, 0.25) is 0 Å². The van der Waals surface area contributed by atoms with Crippen molar-refractivity contribution in [3.8, 4) is 22.5 Å². The first-order chi connectivity index (χ1) is 10.3. The predicted molar refractivity (Wildman–Crippen MR) is 83.9 cm³/mol. The second kappa shape index (κ2) is 4.68. The van der Waals surface area contributed by atoms with Gasteiger partial charge < -0.3 is 5.73 Å². The second-order valence-electron chi connectivity index (χ2n) is 4.56. The minimum absolute atomic E-state index is 0.631. The lowest BCUT2D eigenvalue weighted by molar-refractivity contribution is 1.23. The van der Waals surface area contributed by atoms with Crippen LogP contribution in [0.3, 0.4) is 0 Å². The number of imidazole rings is 1. The minimum atomic E-state index is 0.631. The molecule has 0 spiro atoms. The Morgan fingerprint density at radius 1 is 1.00 bits per heavy atom. The molecule has 0 aromatic carbocycles. The Hall–Kier alpha value is -2.73. The molecule has 0 saturated heterocycles. The molecule has 0 radical (unpaired) electrons. The number of thiazole rings is 1. The fourth-order valence-electron chi connectivity index (χ4n) is 2.32. The highest BCUT2D eigenvalue weighted by Gasteiger charge is 2.16. The number of nitrogens with two attached hydrogens (primary N) is 1. The van der Waals surface area contributed by atoms with Gasteiger partial charge in [0.25, 0.3) is 0 Å². The summed E-state index contributed by atoms with van der Waals surface area (Å²) in [5.41, 5.74) is 10.1. The number of rotatable bonds is 2. The third-order valence-electron chi connectivity index (χ3n) is 3.31. The normalized spacial score (nSPS) is 11.0. The van der Waals surface area contributed by atoms with Crippen molar-refractivity contribution >= 4 is 22.1 Å². The molecule has 0 saturated carbocycles. The van der Waals surface area contributed by atoms with E-state index >= 15 is 0 Å². The van der Waals surface area contributed by atoms with Crippen molar-refractivity contribution in [3.05, 3.63) is 54.4 Å². The summed E-state index contributed by atoms with van der Waals surface area (Å²) in [7, 11) is 0. The van der Waals surface area contributed by atoms with Crippen molar-refractivity contribution in [2.45, 2.75) is 0 Å². The topological polar surface area (TPSA) is 69.1 Å². The summed E-state index contributed by atoms with van der Waals surface area (Å²) in [6.45, 7) is 0. The van der Waals surface area contributed by atoms with Gasteiger partial charge in [-0.3, -0.25) is 14.4 Å². The second-order valence-corrected chi connectivity index (χ2v) is 5.40. The highest BCUT2D eigenvalue weighted by molar-refractivity contribution is 7.15. The zero-order valence-corrected chi connectivity index (χ0v) is 11.8. The Morgan fingerprint density at radius 2 is 1.86 bits per heavy atom. The summed E-state index contributed by atoms with van der Waals surface area (Å²) in [6, 6.07) is 7.77. The van der Waals surface area contributed by atoms with Crippen LogP contribution in [-0.2, 0) is 0 Å². The summed E-state index contributed by atoms with van der Waals surface area (Å²) in [6.07, 6.45) is 7.05. The molecule has 0 aliphatic heterocycles. The van der Waals surface area contributed by atoms with Crippen molar-refractivity contribution < 1.29 is 0 Å². The van der Waals surface area contributed by atoms with Crippen LogP contribution < -0.4 is 5.73 Å². The van der Waals surface area contributed by atoms with E-state index in [4.69, 9.17) is 5.73 Å². The predicted octanol–water partition coefficient (Wildman–Crippen LogP) is 3.10. The SMILES string of the molecule is Nc1c(-c2cccnc2)nc2scc(-c3ccncc3)n12. The van der Waals surface area contributed by atoms with E-state index in [1.165, 1.54) is 0 Å². The van der Waals surface area contributed by atoms with E-state index in [-0.39, 0.29) is 0 Å². The zero-order valence-electron chi connectivity index (χ0n) is 11.0. The maximum atomic E-state index is 6.32. The first kappa shape index (κ1) is 12.0. The molecule has 0 amide bonds. The molecule has 4 aromatic rings. The monoisotopic (exact) mass is 293 g/mol. The number of pyridine rings is 2. The molecule has 0 fully saturated rings. The summed E-state index contributed by atoms with van der Waals surface area (Å²) in [4.78, 5) is 13.7. The van der Waals surface area contributed by atoms with Crippen molar-refractivity contribution in [3.63, 3.8) is 0 Å². The van der Waals surface area contributed by atoms with Gasteiger partial charge in [0.2, 0.25) is 0 Å². The molecule has 2 N–H and O–H groups in total. The van der Waals surface area contributed by atoms with E-state index in [1.54, 1.807) is 36.1 Å². The fraction of sp³-hybridized carbons (Fsp3) is 0. The minimum Gasteiger partial charge on any atom is -0.383 e. The van der Waals surface area contributed by atoms with Crippen LogP contribution in [0.5, 0.6) is 0 Å². The Labute approximate surface area is 124 Å². The van der Waals surface area contributed by atoms with Crippen LogP contribution in [-0.4, -0.2) is 19.4 Å². The van der Waals surface area contributed by atoms with E-state index in [0.29, 0.717) is 5.82 Å². The number of anilines is 1. The van der Waals surface area contributed by atoms with E-state index in [9.17, 15) is 0 Å². The van der Waals surface area contributed by atoms with Crippen LogP contribution in [0, 0.1) is 0 Å². The molecule has 0 aliphatic rings. The first-order valence-electron chi connectivity index (χ1n) is 6.41. The lowest BCUT2D eigenvalue weighted by atomic mass is 10.2. The number of nitrogen functional groups attached to an aromatic ring is 1. The third kappa shape index (κ3) is 1.88. The third-order valence-corrected chi connectivity index (χ3v) is 4.14. The largest absolute Gasteiger partial charge is 0.383 e. The number of hydrogen-bond donors (Lipinski definition) is 1. The maximum Gasteiger partial charge on any atom is 0.196 e. The van der Waals surface area contributed by atoms with Crippen molar-refractivity contribution in [2.24, 2.45) is 0 Å². The molecule has 102 valence electrons. The smallest absolute Gasteiger partial charge is 0.196 e. The van der Waals surface area contributed by atoms with Gasteiger partial charge in [-0.1, -0.05) is 0 Å². The summed E-state index contributed by atoms with van der Waals surface area (Å²) < 4.78 is 1.97. The Kier molecular flexibility index (Phi) is 2.68. The van der Waals surface area contributed by atoms with Gasteiger partial charge in [-0.25, -0.2) is 4.98 Å². The molecular formula is C15H11N5S. The van der Waals surface area contributed by atoms with Gasteiger partial charge in [-0.05, 0) is 24.3 Å². The summed E-state index contributed by atoms with van der Waals surface area (Å²) in [5.74, 6) is 0.631. The van der Waals surface area contributed by atoms with Crippen molar-refractivity contribution in [1.82, 2.24) is 19.4 Å². The van der Waals surface area contributed by atoms with E-state index in [2.05, 4.69) is 20.3 Å². The van der Waals surface area contributed by atoms with Gasteiger partial charge in [0.05, 0.1) is 5.69 Å². The number of hydrogen-bond acceptors (Lipinski definition) is 5. The van der Waals surface area contributed by atoms with Crippen molar-refractivity contribution in [2.75, 3.05) is 5.73 Å². The zero-order chi connectivity index (χ0) is 14.2. The van der Waals surface area contributed by atoms with Gasteiger partial charge in [0.15, 0.2) is 4.96 Å². The summed E-state index contributed by atoms with van der Waals surface area (Å²) >= 11 is 1.57. The van der Waals surface area contributed by atoms with Crippen LogP contribution in [0.25, 0.3) is 27.5 Å². The summed E-state index contributed by atoms with van der Waals surface area (Å²) in [5, 5.41) is 2.06. The van der Waals surface area contributed by atoms with Gasteiger partial charge in [-0.2, -0.15) is 0 Å². The Morgan fingerprint density at radius 3 is 2.62 bits per heavy atom. The van der Waals surface area contributed by atoms with Gasteiger partial charge >= 0.3 is 0 Å². The molecule has 4 heterocycles. The molecule has 4 rings (SSSR count). The van der Waals surface area contributed by atoms with Crippen LogP contribution in [0.4, 0.5) is 5.82 Å². The van der Waals surface area contributed by atoms with Crippen LogP contribution in [0.15, 0.2) is 54.4 Å². The van der Waals surface area contributed by atoms with Gasteiger partial charge in [0, 0.05) is 41.3 Å².